The summed E-state index contributed by atoms with van der Waals surface area (Å²) < 4.78 is 27.7. The van der Waals surface area contributed by atoms with Crippen LogP contribution >= 0.6 is 12.4 Å². The van der Waals surface area contributed by atoms with Crippen LogP contribution in [0.3, 0.4) is 0 Å². The number of halogens is 1. The number of sulfonamides is 1. The van der Waals surface area contributed by atoms with Crippen molar-refractivity contribution in [3.8, 4) is 0 Å². The zero-order valence-corrected chi connectivity index (χ0v) is 16.2. The van der Waals surface area contributed by atoms with E-state index in [9.17, 15) is 8.42 Å². The van der Waals surface area contributed by atoms with Crippen molar-refractivity contribution in [2.45, 2.75) is 43.0 Å². The monoisotopic (exact) mass is 385 g/mol. The number of nitrogens with one attached hydrogen (secondary N) is 1. The third-order valence-corrected chi connectivity index (χ3v) is 7.68. The third kappa shape index (κ3) is 3.88. The lowest BCUT2D eigenvalue weighted by Crippen LogP contribution is -2.52. The Morgan fingerprint density at radius 1 is 1.00 bits per heavy atom. The Hall–Kier alpha value is -0.660. The summed E-state index contributed by atoms with van der Waals surface area (Å²) >= 11 is 0. The molecule has 2 fully saturated rings. The highest BCUT2D eigenvalue weighted by molar-refractivity contribution is 7.89. The maximum absolute atomic E-state index is 13.0. The summed E-state index contributed by atoms with van der Waals surface area (Å²) in [5.74, 6) is 0. The first-order valence-corrected chi connectivity index (χ1v) is 10.7. The molecule has 1 aliphatic carbocycles. The Kier molecular flexibility index (Phi) is 6.06. The van der Waals surface area contributed by atoms with E-state index in [2.05, 4.69) is 10.2 Å². The average molecular weight is 386 g/mol. The highest BCUT2D eigenvalue weighted by Crippen LogP contribution is 2.26. The van der Waals surface area contributed by atoms with Gasteiger partial charge in [0.15, 0.2) is 0 Å². The van der Waals surface area contributed by atoms with Crippen LogP contribution in [0.25, 0.3) is 0 Å². The summed E-state index contributed by atoms with van der Waals surface area (Å²) in [4.78, 5) is 2.93. The highest BCUT2D eigenvalue weighted by Gasteiger charge is 2.32. The van der Waals surface area contributed by atoms with E-state index < -0.39 is 10.0 Å². The van der Waals surface area contributed by atoms with Crippen molar-refractivity contribution in [3.63, 3.8) is 0 Å². The molecule has 1 unspecified atom stereocenters. The average Bonchev–Trinajstić information content (AvgIpc) is 3.16. The van der Waals surface area contributed by atoms with E-state index in [0.717, 1.165) is 39.0 Å². The minimum Gasteiger partial charge on any atom is -0.315 e. The Bertz CT molecular complexity index is 696. The molecular formula is C18H28ClN3O2S. The minimum atomic E-state index is -3.35. The summed E-state index contributed by atoms with van der Waals surface area (Å²) in [5, 5.41) is 3.39. The van der Waals surface area contributed by atoms with Crippen LogP contribution in [0.5, 0.6) is 0 Å². The number of hydrogen-bond donors (Lipinski definition) is 1. The maximum atomic E-state index is 13.0. The van der Waals surface area contributed by atoms with Crippen molar-refractivity contribution in [2.75, 3.05) is 39.3 Å². The Morgan fingerprint density at radius 3 is 2.40 bits per heavy atom. The molecule has 0 bridgehead atoms. The van der Waals surface area contributed by atoms with Crippen LogP contribution in [0.15, 0.2) is 23.1 Å². The van der Waals surface area contributed by atoms with Gasteiger partial charge in [-0.1, -0.05) is 6.07 Å². The molecule has 0 saturated carbocycles. The van der Waals surface area contributed by atoms with Gasteiger partial charge in [0, 0.05) is 38.8 Å². The van der Waals surface area contributed by atoms with Crippen LogP contribution in [-0.4, -0.2) is 62.9 Å². The summed E-state index contributed by atoms with van der Waals surface area (Å²) in [6.45, 7) is 5.02. The Labute approximate surface area is 157 Å². The van der Waals surface area contributed by atoms with Crippen molar-refractivity contribution < 1.29 is 8.42 Å². The quantitative estimate of drug-likeness (QED) is 0.859. The fourth-order valence-electron chi connectivity index (χ4n) is 4.28. The first-order chi connectivity index (χ1) is 11.6. The number of fused-ring (bicyclic) bond motifs is 1. The second-order valence-electron chi connectivity index (χ2n) is 7.22. The van der Waals surface area contributed by atoms with Crippen molar-refractivity contribution in [3.05, 3.63) is 29.3 Å². The molecule has 7 heteroatoms. The summed E-state index contributed by atoms with van der Waals surface area (Å²) in [5.41, 5.74) is 2.57. The molecule has 2 aliphatic heterocycles. The van der Waals surface area contributed by atoms with E-state index in [1.165, 1.54) is 30.4 Å². The van der Waals surface area contributed by atoms with Gasteiger partial charge in [-0.3, -0.25) is 4.90 Å². The normalized spacial score (nSPS) is 25.4. The van der Waals surface area contributed by atoms with Gasteiger partial charge in [-0.25, -0.2) is 8.42 Å². The highest BCUT2D eigenvalue weighted by atomic mass is 35.5. The van der Waals surface area contributed by atoms with Crippen LogP contribution in [0.1, 0.15) is 30.4 Å². The smallest absolute Gasteiger partial charge is 0.243 e. The SMILES string of the molecule is Cl.O=S(=O)(c1ccc2c(c1)CCCC2)N1CCN(C2CCNC2)CC1. The van der Waals surface area contributed by atoms with Crippen molar-refractivity contribution in [1.29, 1.82) is 0 Å². The van der Waals surface area contributed by atoms with Gasteiger partial charge in [-0.05, 0) is 61.9 Å². The molecule has 2 saturated heterocycles. The molecule has 1 aromatic rings. The summed E-state index contributed by atoms with van der Waals surface area (Å²) in [6.07, 6.45) is 5.67. The number of aryl methyl sites for hydroxylation is 2. The van der Waals surface area contributed by atoms with Crippen molar-refractivity contribution >= 4 is 22.4 Å². The Morgan fingerprint density at radius 2 is 1.72 bits per heavy atom. The second-order valence-corrected chi connectivity index (χ2v) is 9.16. The number of nitrogens with zero attached hydrogens (tertiary/aromatic N) is 2. The molecule has 0 amide bonds. The maximum Gasteiger partial charge on any atom is 0.243 e. The molecule has 4 rings (SSSR count). The van der Waals surface area contributed by atoms with Gasteiger partial charge >= 0.3 is 0 Å². The van der Waals surface area contributed by atoms with E-state index in [1.807, 2.05) is 18.2 Å². The van der Waals surface area contributed by atoms with Crippen LogP contribution in [0.4, 0.5) is 0 Å². The predicted molar refractivity (Wildman–Crippen MR) is 102 cm³/mol. The van der Waals surface area contributed by atoms with Crippen molar-refractivity contribution in [2.24, 2.45) is 0 Å². The topological polar surface area (TPSA) is 52.7 Å². The molecule has 0 aromatic heterocycles. The van der Waals surface area contributed by atoms with Gasteiger partial charge in [-0.2, -0.15) is 4.31 Å². The summed E-state index contributed by atoms with van der Waals surface area (Å²) in [7, 11) is -3.35. The Balaban J connectivity index is 0.00000182. The van der Waals surface area contributed by atoms with E-state index in [0.29, 0.717) is 24.0 Å². The molecule has 1 atom stereocenters. The molecule has 140 valence electrons. The van der Waals surface area contributed by atoms with Gasteiger partial charge in [-0.15, -0.1) is 12.4 Å². The molecule has 1 N–H and O–H groups in total. The number of piperazine rings is 1. The van der Waals surface area contributed by atoms with Gasteiger partial charge in [0.05, 0.1) is 4.90 Å². The molecule has 2 heterocycles. The molecule has 1 aromatic carbocycles. The first-order valence-electron chi connectivity index (χ1n) is 9.21. The van der Waals surface area contributed by atoms with Gasteiger partial charge < -0.3 is 5.32 Å². The number of rotatable bonds is 3. The second kappa shape index (κ2) is 7.92. The molecule has 25 heavy (non-hydrogen) atoms. The van der Waals surface area contributed by atoms with E-state index in [4.69, 9.17) is 0 Å². The number of hydrogen-bond acceptors (Lipinski definition) is 4. The minimum absolute atomic E-state index is 0. The number of benzene rings is 1. The zero-order chi connectivity index (χ0) is 16.6. The zero-order valence-electron chi connectivity index (χ0n) is 14.6. The molecule has 5 nitrogen and oxygen atoms in total. The van der Waals surface area contributed by atoms with Crippen LogP contribution in [0.2, 0.25) is 0 Å². The molecule has 0 radical (unpaired) electrons. The third-order valence-electron chi connectivity index (χ3n) is 5.78. The van der Waals surface area contributed by atoms with Crippen LogP contribution in [0, 0.1) is 0 Å². The van der Waals surface area contributed by atoms with Crippen molar-refractivity contribution in [1.82, 2.24) is 14.5 Å². The molecular weight excluding hydrogens is 358 g/mol. The van der Waals surface area contributed by atoms with E-state index in [-0.39, 0.29) is 12.4 Å². The van der Waals surface area contributed by atoms with E-state index in [1.54, 1.807) is 4.31 Å². The van der Waals surface area contributed by atoms with Gasteiger partial charge in [0.25, 0.3) is 0 Å². The fourth-order valence-corrected chi connectivity index (χ4v) is 5.75. The van der Waals surface area contributed by atoms with Crippen LogP contribution < -0.4 is 5.32 Å². The standard InChI is InChI=1S/C18H27N3O2S.ClH/c22-24(23,18-6-5-15-3-1-2-4-16(15)13-18)21-11-9-20(10-12-21)17-7-8-19-14-17;/h5-6,13,17,19H,1-4,7-12,14H2;1H. The molecule has 3 aliphatic rings. The van der Waals surface area contributed by atoms with Gasteiger partial charge in [0.1, 0.15) is 0 Å². The predicted octanol–water partition coefficient (Wildman–Crippen LogP) is 1.66. The molecule has 0 spiro atoms. The first kappa shape index (κ1) is 19.1. The van der Waals surface area contributed by atoms with Crippen LogP contribution in [-0.2, 0) is 22.9 Å². The lowest BCUT2D eigenvalue weighted by molar-refractivity contribution is 0.145. The fraction of sp³-hybridized carbons (Fsp3) is 0.667. The summed E-state index contributed by atoms with van der Waals surface area (Å²) in [6, 6.07) is 6.35. The largest absolute Gasteiger partial charge is 0.315 e. The lowest BCUT2D eigenvalue weighted by Gasteiger charge is -2.37. The van der Waals surface area contributed by atoms with E-state index >= 15 is 0 Å². The lowest BCUT2D eigenvalue weighted by atomic mass is 9.92. The van der Waals surface area contributed by atoms with Gasteiger partial charge in [0.2, 0.25) is 10.0 Å².